The zero-order valence-electron chi connectivity index (χ0n) is 13.9. The summed E-state index contributed by atoms with van der Waals surface area (Å²) in [4.78, 5) is 12.6. The number of sulfonamides is 1. The summed E-state index contributed by atoms with van der Waals surface area (Å²) in [5.74, 6) is 1.40. The van der Waals surface area contributed by atoms with Crippen LogP contribution >= 0.6 is 0 Å². The molecule has 10 nitrogen and oxygen atoms in total. The number of nitrogens with one attached hydrogen (secondary N) is 4. The molecule has 0 aromatic carbocycles. The number of anilines is 3. The van der Waals surface area contributed by atoms with Crippen molar-refractivity contribution in [1.29, 1.82) is 5.41 Å². The van der Waals surface area contributed by atoms with Crippen molar-refractivity contribution < 1.29 is 8.42 Å². The van der Waals surface area contributed by atoms with Crippen LogP contribution in [0.2, 0.25) is 0 Å². The highest BCUT2D eigenvalue weighted by atomic mass is 32.2. The van der Waals surface area contributed by atoms with E-state index in [-0.39, 0.29) is 11.4 Å². The largest absolute Gasteiger partial charge is 0.372 e. The van der Waals surface area contributed by atoms with Crippen LogP contribution in [0.4, 0.5) is 17.6 Å². The molecule has 2 rings (SSSR count). The van der Waals surface area contributed by atoms with Crippen LogP contribution in [0.5, 0.6) is 0 Å². The predicted molar refractivity (Wildman–Crippen MR) is 96.6 cm³/mol. The highest BCUT2D eigenvalue weighted by Crippen LogP contribution is 2.21. The molecule has 0 atom stereocenters. The normalized spacial score (nSPS) is 11.0. The van der Waals surface area contributed by atoms with Gasteiger partial charge in [-0.3, -0.25) is 4.98 Å². The fourth-order valence-corrected chi connectivity index (χ4v) is 2.48. The second-order valence-electron chi connectivity index (χ2n) is 4.97. The van der Waals surface area contributed by atoms with Gasteiger partial charge in [0.05, 0.1) is 17.8 Å². The molecule has 0 aliphatic rings. The van der Waals surface area contributed by atoms with Gasteiger partial charge in [-0.25, -0.2) is 13.6 Å². The van der Waals surface area contributed by atoms with E-state index in [0.29, 0.717) is 35.4 Å². The number of hydrogen-bond acceptors (Lipinski definition) is 9. The molecule has 0 saturated heterocycles. The van der Waals surface area contributed by atoms with Crippen LogP contribution in [0.15, 0.2) is 23.2 Å². The maximum atomic E-state index is 11.2. The maximum absolute atomic E-state index is 11.2. The van der Waals surface area contributed by atoms with Crippen LogP contribution in [-0.2, 0) is 16.6 Å². The van der Waals surface area contributed by atoms with Crippen molar-refractivity contribution in [3.8, 4) is 0 Å². The van der Waals surface area contributed by atoms with Gasteiger partial charge in [-0.05, 0) is 19.1 Å². The smallest absolute Gasteiger partial charge is 0.239 e. The summed E-state index contributed by atoms with van der Waals surface area (Å²) in [5, 5.41) is 21.7. The van der Waals surface area contributed by atoms with Crippen LogP contribution in [0.1, 0.15) is 18.2 Å². The molecule has 0 aliphatic carbocycles. The van der Waals surface area contributed by atoms with Gasteiger partial charge in [-0.1, -0.05) is 0 Å². The highest BCUT2D eigenvalue weighted by molar-refractivity contribution is 7.89. The Morgan fingerprint density at radius 1 is 1.24 bits per heavy atom. The molecule has 2 aromatic heterocycles. The molecule has 134 valence electrons. The van der Waals surface area contributed by atoms with Crippen molar-refractivity contribution in [2.24, 2.45) is 5.14 Å². The van der Waals surface area contributed by atoms with E-state index in [0.717, 1.165) is 6.21 Å². The summed E-state index contributed by atoms with van der Waals surface area (Å²) in [6, 6.07) is 2.95. The highest BCUT2D eigenvalue weighted by Gasteiger charge is 2.12. The van der Waals surface area contributed by atoms with Crippen LogP contribution in [0.25, 0.3) is 0 Å². The Kier molecular flexibility index (Phi) is 5.83. The second-order valence-corrected chi connectivity index (χ2v) is 6.53. The van der Waals surface area contributed by atoms with Crippen LogP contribution < -0.4 is 21.1 Å². The van der Waals surface area contributed by atoms with E-state index in [9.17, 15) is 8.42 Å². The van der Waals surface area contributed by atoms with Crippen LogP contribution in [0.3, 0.4) is 0 Å². The topological polar surface area (TPSA) is 159 Å². The number of hydrogen-bond donors (Lipinski definition) is 5. The Balaban J connectivity index is 2.24. The minimum absolute atomic E-state index is 0.0506. The fraction of sp³-hybridized carbons (Fsp3) is 0.286. The predicted octanol–water partition coefficient (Wildman–Crippen LogP) is 0.602. The summed E-state index contributed by atoms with van der Waals surface area (Å²) in [6.45, 7) is 2.87. The van der Waals surface area contributed by atoms with Gasteiger partial charge in [0.15, 0.2) is 0 Å². The Bertz CT molecular complexity index is 852. The van der Waals surface area contributed by atoms with E-state index >= 15 is 0 Å². The molecule has 0 bridgehead atoms. The van der Waals surface area contributed by atoms with E-state index in [1.54, 1.807) is 13.1 Å². The molecular formula is C14H20N8O2S. The van der Waals surface area contributed by atoms with Gasteiger partial charge in [-0.15, -0.1) is 0 Å². The average Bonchev–Trinajstić information content (AvgIpc) is 2.59. The lowest BCUT2D eigenvalue weighted by Gasteiger charge is -2.14. The lowest BCUT2D eigenvalue weighted by Crippen LogP contribution is -2.14. The molecule has 0 aliphatic heterocycles. The molecule has 0 unspecified atom stereocenters. The zero-order valence-corrected chi connectivity index (χ0v) is 14.7. The quantitative estimate of drug-likeness (QED) is 0.426. The van der Waals surface area contributed by atoms with Gasteiger partial charge >= 0.3 is 0 Å². The van der Waals surface area contributed by atoms with Crippen molar-refractivity contribution in [1.82, 2.24) is 15.0 Å². The third kappa shape index (κ3) is 4.61. The number of rotatable bonds is 8. The van der Waals surface area contributed by atoms with Crippen LogP contribution in [-0.4, -0.2) is 43.2 Å². The molecule has 0 saturated carbocycles. The van der Waals surface area contributed by atoms with Crippen molar-refractivity contribution in [2.75, 3.05) is 29.5 Å². The standard InChI is InChI=1S/C14H20N8O2S/c1-3-18-14-21-12(17-2)11(6-15)13(22-14)20-7-9-4-5-10(8-19-9)25(16,23)24/h4-6,8,15H,3,7H2,1-2H3,(H2,16,23,24)(H3,17,18,20,21,22). The summed E-state index contributed by atoms with van der Waals surface area (Å²) in [5.41, 5.74) is 1.10. The molecule has 2 heterocycles. The van der Waals surface area contributed by atoms with E-state index in [1.807, 2.05) is 6.92 Å². The van der Waals surface area contributed by atoms with E-state index in [1.165, 1.54) is 12.3 Å². The Hall–Kier alpha value is -2.79. The van der Waals surface area contributed by atoms with Gasteiger partial charge < -0.3 is 21.4 Å². The first-order chi connectivity index (χ1) is 11.9. The summed E-state index contributed by atoms with van der Waals surface area (Å²) in [7, 11) is -2.06. The molecule has 0 spiro atoms. The molecule has 11 heteroatoms. The first-order valence-electron chi connectivity index (χ1n) is 7.44. The van der Waals surface area contributed by atoms with E-state index < -0.39 is 10.0 Å². The SMILES string of the molecule is CCNc1nc(NC)c(C=N)c(NCc2ccc(S(N)(=O)=O)cn2)n1. The van der Waals surface area contributed by atoms with Crippen molar-refractivity contribution in [3.05, 3.63) is 29.6 Å². The Labute approximate surface area is 145 Å². The number of aromatic nitrogens is 3. The summed E-state index contributed by atoms with van der Waals surface area (Å²) < 4.78 is 22.5. The number of primary sulfonamides is 1. The van der Waals surface area contributed by atoms with E-state index in [4.69, 9.17) is 10.5 Å². The molecule has 6 N–H and O–H groups in total. The Morgan fingerprint density at radius 3 is 2.48 bits per heavy atom. The first-order valence-corrected chi connectivity index (χ1v) is 8.99. The number of pyridine rings is 1. The first kappa shape index (κ1) is 18.5. The number of nitrogens with zero attached hydrogens (tertiary/aromatic N) is 3. The summed E-state index contributed by atoms with van der Waals surface area (Å²) in [6.07, 6.45) is 2.36. The third-order valence-corrected chi connectivity index (χ3v) is 4.12. The van der Waals surface area contributed by atoms with Gasteiger partial charge in [0, 0.05) is 26.0 Å². The van der Waals surface area contributed by atoms with E-state index in [2.05, 4.69) is 30.9 Å². The molecule has 25 heavy (non-hydrogen) atoms. The van der Waals surface area contributed by atoms with Crippen molar-refractivity contribution >= 4 is 33.8 Å². The lowest BCUT2D eigenvalue weighted by atomic mass is 10.2. The van der Waals surface area contributed by atoms with Gasteiger partial charge in [0.25, 0.3) is 0 Å². The van der Waals surface area contributed by atoms with Gasteiger partial charge in [0.1, 0.15) is 16.5 Å². The zero-order chi connectivity index (χ0) is 18.4. The third-order valence-electron chi connectivity index (χ3n) is 3.22. The molecule has 2 aromatic rings. The molecule has 0 amide bonds. The van der Waals surface area contributed by atoms with Gasteiger partial charge in [-0.2, -0.15) is 9.97 Å². The monoisotopic (exact) mass is 364 g/mol. The lowest BCUT2D eigenvalue weighted by molar-refractivity contribution is 0.597. The van der Waals surface area contributed by atoms with Gasteiger partial charge in [0.2, 0.25) is 16.0 Å². The van der Waals surface area contributed by atoms with Crippen molar-refractivity contribution in [3.63, 3.8) is 0 Å². The Morgan fingerprint density at radius 2 is 1.96 bits per heavy atom. The minimum Gasteiger partial charge on any atom is -0.372 e. The maximum Gasteiger partial charge on any atom is 0.239 e. The van der Waals surface area contributed by atoms with Crippen molar-refractivity contribution in [2.45, 2.75) is 18.4 Å². The molecule has 0 radical (unpaired) electrons. The summed E-state index contributed by atoms with van der Waals surface area (Å²) >= 11 is 0. The fourth-order valence-electron chi connectivity index (χ4n) is 2.03. The second kappa shape index (κ2) is 7.85. The van der Waals surface area contributed by atoms with Crippen LogP contribution in [0, 0.1) is 5.41 Å². The minimum atomic E-state index is -3.77. The average molecular weight is 364 g/mol. The molecular weight excluding hydrogens is 344 g/mol. The molecule has 0 fully saturated rings. The number of nitrogens with two attached hydrogens (primary N) is 1.